The van der Waals surface area contributed by atoms with Crippen molar-refractivity contribution in [1.29, 1.82) is 0 Å². The zero-order valence-electron chi connectivity index (χ0n) is 35.1. The molecule has 0 bridgehead atoms. The average Bonchev–Trinajstić information content (AvgIpc) is 3.72. The molecule has 1 atom stereocenters. The second kappa shape index (κ2) is 14.0. The maximum Gasteiger partial charge on any atom is 0.178 e. The summed E-state index contributed by atoms with van der Waals surface area (Å²) >= 11 is 0. The number of anilines is 1. The average molecular weight is 778 g/mol. The summed E-state index contributed by atoms with van der Waals surface area (Å²) in [6.07, 6.45) is 10.2. The zero-order valence-corrected chi connectivity index (χ0v) is 35.1. The molecule has 11 rings (SSSR count). The number of ether oxygens (including phenoxy) is 3. The fourth-order valence-electron chi connectivity index (χ4n) is 11.7. The van der Waals surface area contributed by atoms with Crippen LogP contribution in [0.4, 0.5) is 5.69 Å². The minimum Gasteiger partial charge on any atom is -0.472 e. The van der Waals surface area contributed by atoms with Crippen LogP contribution in [-0.2, 0) is 32.3 Å². The van der Waals surface area contributed by atoms with Gasteiger partial charge in [-0.25, -0.2) is 0 Å². The molecule has 0 N–H and O–H groups in total. The minimum absolute atomic E-state index is 0.115. The summed E-state index contributed by atoms with van der Waals surface area (Å²) < 4.78 is 19.5. The molecule has 2 saturated heterocycles. The molecule has 6 aromatic carbocycles. The Kier molecular flexibility index (Phi) is 8.73. The van der Waals surface area contributed by atoms with Crippen LogP contribution in [0.15, 0.2) is 115 Å². The minimum atomic E-state index is -0.854. The number of hydrogen-bond acceptors (Lipinski definition) is 4. The number of morpholine rings is 1. The molecule has 0 amide bonds. The van der Waals surface area contributed by atoms with E-state index in [1.165, 1.54) is 72.1 Å². The molecular weight excluding hydrogens is 723 g/mol. The third kappa shape index (κ3) is 5.48. The summed E-state index contributed by atoms with van der Waals surface area (Å²) in [5.74, 6) is 1.65. The van der Waals surface area contributed by atoms with Crippen LogP contribution in [0.2, 0.25) is 0 Å². The summed E-state index contributed by atoms with van der Waals surface area (Å²) in [4.78, 5) is 2.47. The highest BCUT2D eigenvalue weighted by Gasteiger charge is 2.47. The molecule has 4 heteroatoms. The summed E-state index contributed by atoms with van der Waals surface area (Å²) in [7, 11) is 0. The predicted octanol–water partition coefficient (Wildman–Crippen LogP) is 12.4. The van der Waals surface area contributed by atoms with Crippen molar-refractivity contribution in [1.82, 2.24) is 0 Å². The molecule has 3 aliphatic heterocycles. The SMILES string of the molecule is CCC1(CC)c2ccccc2-c2c1c1c(c3cc(N4CCOCC4)ccc23)OC(c2ccc(CC3CCOCC3)cc2)(c2ccc3c(c2)C(C)(C)c2ccccc2-3)C=C1. The standard InChI is InChI=1S/C55H55NO3/c1-5-54(6-2)48-14-10-8-12-44(48)50-43-22-20-40(56-27-31-58-32-28-56)35-46(43)52-45(51(50)54)23-26-55(59-52,38-17-15-36(16-18-38)33-37-24-29-57-30-25-37)39-19-21-42-41-11-7-9-13-47(41)53(3,4)49(42)34-39/h7-23,26,34-35,37H,5-6,24-25,27-33H2,1-4H3. The van der Waals surface area contributed by atoms with Crippen molar-refractivity contribution < 1.29 is 14.2 Å². The molecule has 0 spiro atoms. The highest BCUT2D eigenvalue weighted by Crippen LogP contribution is 2.61. The van der Waals surface area contributed by atoms with Gasteiger partial charge < -0.3 is 19.1 Å². The van der Waals surface area contributed by atoms with Gasteiger partial charge in [0.05, 0.1) is 13.2 Å². The maximum absolute atomic E-state index is 8.00. The van der Waals surface area contributed by atoms with Crippen molar-refractivity contribution in [2.45, 2.75) is 76.2 Å². The molecule has 2 aliphatic carbocycles. The smallest absolute Gasteiger partial charge is 0.178 e. The van der Waals surface area contributed by atoms with Crippen molar-refractivity contribution >= 4 is 22.5 Å². The van der Waals surface area contributed by atoms with Crippen molar-refractivity contribution in [3.05, 3.63) is 160 Å². The van der Waals surface area contributed by atoms with Gasteiger partial charge in [0.25, 0.3) is 0 Å². The van der Waals surface area contributed by atoms with E-state index in [1.807, 2.05) is 0 Å². The summed E-state index contributed by atoms with van der Waals surface area (Å²) in [5, 5.41) is 2.45. The molecule has 5 aliphatic rings. The largest absolute Gasteiger partial charge is 0.472 e. The summed E-state index contributed by atoms with van der Waals surface area (Å²) in [6.45, 7) is 14.5. The van der Waals surface area contributed by atoms with Gasteiger partial charge in [-0.15, -0.1) is 0 Å². The lowest BCUT2D eigenvalue weighted by Gasteiger charge is -2.40. The predicted molar refractivity (Wildman–Crippen MR) is 242 cm³/mol. The van der Waals surface area contributed by atoms with Gasteiger partial charge in [0.1, 0.15) is 5.75 Å². The first-order valence-electron chi connectivity index (χ1n) is 22.2. The second-order valence-electron chi connectivity index (χ2n) is 18.2. The van der Waals surface area contributed by atoms with Crippen molar-refractivity contribution in [3.63, 3.8) is 0 Å². The Hall–Kier alpha value is -5.16. The number of benzene rings is 6. The van der Waals surface area contributed by atoms with E-state index < -0.39 is 5.60 Å². The topological polar surface area (TPSA) is 30.9 Å². The lowest BCUT2D eigenvalue weighted by Crippen LogP contribution is -2.36. The van der Waals surface area contributed by atoms with E-state index >= 15 is 0 Å². The molecule has 298 valence electrons. The normalized spacial score (nSPS) is 21.1. The maximum atomic E-state index is 8.00. The van der Waals surface area contributed by atoms with Gasteiger partial charge in [0.2, 0.25) is 0 Å². The molecule has 4 nitrogen and oxygen atoms in total. The molecule has 1 unspecified atom stereocenters. The highest BCUT2D eigenvalue weighted by molar-refractivity contribution is 6.09. The molecule has 2 fully saturated rings. The van der Waals surface area contributed by atoms with Gasteiger partial charge in [-0.05, 0) is 118 Å². The van der Waals surface area contributed by atoms with E-state index in [9.17, 15) is 0 Å². The van der Waals surface area contributed by atoms with Gasteiger partial charge in [0, 0.05) is 64.9 Å². The van der Waals surface area contributed by atoms with Crippen LogP contribution in [0, 0.1) is 5.92 Å². The number of nitrogens with zero attached hydrogens (tertiary/aromatic N) is 1. The molecule has 0 saturated carbocycles. The Balaban J connectivity index is 1.15. The van der Waals surface area contributed by atoms with E-state index in [4.69, 9.17) is 14.2 Å². The fourth-order valence-corrected chi connectivity index (χ4v) is 11.7. The lowest BCUT2D eigenvalue weighted by atomic mass is 9.71. The van der Waals surface area contributed by atoms with Crippen LogP contribution < -0.4 is 9.64 Å². The van der Waals surface area contributed by atoms with Gasteiger partial charge in [-0.1, -0.05) is 125 Å². The zero-order chi connectivity index (χ0) is 39.9. The third-order valence-corrected chi connectivity index (χ3v) is 15.1. The molecule has 59 heavy (non-hydrogen) atoms. The molecule has 6 aromatic rings. The quantitative estimate of drug-likeness (QED) is 0.162. The van der Waals surface area contributed by atoms with Crippen LogP contribution in [0.25, 0.3) is 39.1 Å². The fraction of sp³-hybridized carbons (Fsp3) is 0.345. The Labute approximate surface area is 349 Å². The summed E-state index contributed by atoms with van der Waals surface area (Å²) in [6, 6.07) is 41.9. The van der Waals surface area contributed by atoms with Gasteiger partial charge >= 0.3 is 0 Å². The van der Waals surface area contributed by atoms with Crippen LogP contribution in [-0.4, -0.2) is 39.5 Å². The Morgan fingerprint density at radius 1 is 0.644 bits per heavy atom. The monoisotopic (exact) mass is 777 g/mol. The molecular formula is C55H55NO3. The van der Waals surface area contributed by atoms with Crippen molar-refractivity contribution in [3.8, 4) is 28.0 Å². The Bertz CT molecular complexity index is 2640. The van der Waals surface area contributed by atoms with Crippen molar-refractivity contribution in [2.75, 3.05) is 44.4 Å². The van der Waals surface area contributed by atoms with E-state index in [-0.39, 0.29) is 10.8 Å². The van der Waals surface area contributed by atoms with Gasteiger partial charge in [-0.3, -0.25) is 0 Å². The number of fused-ring (bicyclic) bond motifs is 11. The third-order valence-electron chi connectivity index (χ3n) is 15.1. The first-order chi connectivity index (χ1) is 28.9. The van der Waals surface area contributed by atoms with E-state index in [1.54, 1.807) is 0 Å². The highest BCUT2D eigenvalue weighted by atomic mass is 16.5. The Morgan fingerprint density at radius 3 is 2.08 bits per heavy atom. The first kappa shape index (κ1) is 36.9. The van der Waals surface area contributed by atoms with Gasteiger partial charge in [0.15, 0.2) is 5.60 Å². The summed E-state index contributed by atoms with van der Waals surface area (Å²) in [5.41, 5.74) is 16.1. The lowest BCUT2D eigenvalue weighted by molar-refractivity contribution is 0.0665. The van der Waals surface area contributed by atoms with Gasteiger partial charge in [-0.2, -0.15) is 0 Å². The van der Waals surface area contributed by atoms with Crippen LogP contribution in [0.1, 0.15) is 97.9 Å². The van der Waals surface area contributed by atoms with Crippen LogP contribution >= 0.6 is 0 Å². The van der Waals surface area contributed by atoms with Crippen LogP contribution in [0.3, 0.4) is 0 Å². The number of rotatable bonds is 7. The molecule has 0 radical (unpaired) electrons. The van der Waals surface area contributed by atoms with Crippen molar-refractivity contribution in [2.24, 2.45) is 5.92 Å². The van der Waals surface area contributed by atoms with E-state index in [0.29, 0.717) is 5.92 Å². The number of hydrogen-bond donors (Lipinski definition) is 0. The molecule has 3 heterocycles. The first-order valence-corrected chi connectivity index (χ1v) is 22.2. The Morgan fingerprint density at radius 2 is 1.32 bits per heavy atom. The van der Waals surface area contributed by atoms with E-state index in [0.717, 1.165) is 88.5 Å². The molecule has 0 aromatic heterocycles. The van der Waals surface area contributed by atoms with E-state index in [2.05, 4.69) is 154 Å². The second-order valence-corrected chi connectivity index (χ2v) is 18.2. The van der Waals surface area contributed by atoms with Crippen LogP contribution in [0.5, 0.6) is 5.75 Å².